The number of carbonyl (C=O) groups excluding carboxylic acids is 2. The Morgan fingerprint density at radius 2 is 1.88 bits per heavy atom. The highest BCUT2D eigenvalue weighted by Gasteiger charge is 2.21. The number of rotatable bonds is 7. The third-order valence-corrected chi connectivity index (χ3v) is 3.46. The van der Waals surface area contributed by atoms with Gasteiger partial charge in [-0.2, -0.15) is 0 Å². The number of para-hydroxylation sites is 1. The van der Waals surface area contributed by atoms with Gasteiger partial charge in [0.25, 0.3) is 5.91 Å². The smallest absolute Gasteiger partial charge is 0.347 e. The monoisotopic (exact) mass is 345 g/mol. The molecule has 0 heterocycles. The van der Waals surface area contributed by atoms with Crippen LogP contribution in [0, 0.1) is 12.7 Å². The molecule has 2 aromatic rings. The number of carbonyl (C=O) groups is 2. The maximum Gasteiger partial charge on any atom is 0.347 e. The van der Waals surface area contributed by atoms with Gasteiger partial charge in [-0.05, 0) is 43.2 Å². The number of hydrogen-bond donors (Lipinski definition) is 1. The van der Waals surface area contributed by atoms with Crippen LogP contribution in [0.1, 0.15) is 18.9 Å². The van der Waals surface area contributed by atoms with Crippen LogP contribution in [0.25, 0.3) is 0 Å². The molecule has 0 spiro atoms. The summed E-state index contributed by atoms with van der Waals surface area (Å²) in [5, 5.41) is 2.47. The third kappa shape index (κ3) is 5.60. The van der Waals surface area contributed by atoms with Crippen LogP contribution in [-0.2, 0) is 14.3 Å². The minimum atomic E-state index is -0.799. The quantitative estimate of drug-likeness (QED) is 0.781. The van der Waals surface area contributed by atoms with Crippen LogP contribution in [0.3, 0.4) is 0 Å². The average Bonchev–Trinajstić information content (AvgIpc) is 2.61. The van der Waals surface area contributed by atoms with Crippen molar-refractivity contribution >= 4 is 17.6 Å². The van der Waals surface area contributed by atoms with Crippen molar-refractivity contribution in [2.24, 2.45) is 0 Å². The summed E-state index contributed by atoms with van der Waals surface area (Å²) in [6.45, 7) is 2.94. The van der Waals surface area contributed by atoms with Gasteiger partial charge in [-0.1, -0.05) is 31.2 Å². The number of ether oxygens (including phenoxy) is 2. The Balaban J connectivity index is 1.84. The lowest BCUT2D eigenvalue weighted by Crippen LogP contribution is -2.31. The van der Waals surface area contributed by atoms with E-state index in [1.165, 1.54) is 6.07 Å². The first kappa shape index (κ1) is 18.4. The highest BCUT2D eigenvalue weighted by molar-refractivity contribution is 5.93. The topological polar surface area (TPSA) is 64.6 Å². The van der Waals surface area contributed by atoms with Crippen LogP contribution in [0.15, 0.2) is 48.5 Å². The molecule has 6 heteroatoms. The van der Waals surface area contributed by atoms with Gasteiger partial charge in [0.1, 0.15) is 11.6 Å². The van der Waals surface area contributed by atoms with Crippen LogP contribution in [-0.4, -0.2) is 24.6 Å². The first-order chi connectivity index (χ1) is 12.0. The molecule has 0 radical (unpaired) electrons. The summed E-state index contributed by atoms with van der Waals surface area (Å²) in [4.78, 5) is 23.9. The molecule has 132 valence electrons. The molecule has 0 saturated carbocycles. The van der Waals surface area contributed by atoms with Gasteiger partial charge in [0.05, 0.1) is 0 Å². The van der Waals surface area contributed by atoms with Crippen molar-refractivity contribution in [1.82, 2.24) is 0 Å². The Morgan fingerprint density at radius 3 is 2.52 bits per heavy atom. The van der Waals surface area contributed by atoms with Gasteiger partial charge in [-0.15, -0.1) is 0 Å². The number of benzene rings is 2. The second-order valence-electron chi connectivity index (χ2n) is 5.45. The van der Waals surface area contributed by atoms with Gasteiger partial charge in [0, 0.05) is 5.69 Å². The average molecular weight is 345 g/mol. The maximum absolute atomic E-state index is 13.4. The van der Waals surface area contributed by atoms with Gasteiger partial charge in [-0.3, -0.25) is 4.79 Å². The lowest BCUT2D eigenvalue weighted by Gasteiger charge is -2.16. The van der Waals surface area contributed by atoms with Gasteiger partial charge in [-0.25, -0.2) is 9.18 Å². The second kappa shape index (κ2) is 8.82. The summed E-state index contributed by atoms with van der Waals surface area (Å²) in [6, 6.07) is 13.2. The minimum absolute atomic E-state index is 0.303. The number of hydrogen-bond acceptors (Lipinski definition) is 4. The van der Waals surface area contributed by atoms with Crippen molar-refractivity contribution in [2.45, 2.75) is 26.4 Å². The molecule has 1 amide bonds. The molecule has 0 aliphatic carbocycles. The summed E-state index contributed by atoms with van der Waals surface area (Å²) in [7, 11) is 0. The van der Waals surface area contributed by atoms with E-state index >= 15 is 0 Å². The lowest BCUT2D eigenvalue weighted by atomic mass is 10.2. The summed E-state index contributed by atoms with van der Waals surface area (Å²) >= 11 is 0. The third-order valence-electron chi connectivity index (χ3n) is 3.46. The molecule has 5 nitrogen and oxygen atoms in total. The number of halogens is 1. The van der Waals surface area contributed by atoms with Crippen LogP contribution >= 0.6 is 0 Å². The Kier molecular flexibility index (Phi) is 6.51. The van der Waals surface area contributed by atoms with Gasteiger partial charge in [0.2, 0.25) is 0 Å². The Hall–Kier alpha value is -2.89. The molecular weight excluding hydrogens is 325 g/mol. The molecule has 2 aromatic carbocycles. The predicted octanol–water partition coefficient (Wildman–Crippen LogP) is 3.47. The molecule has 0 aromatic heterocycles. The first-order valence-corrected chi connectivity index (χ1v) is 7.94. The molecule has 25 heavy (non-hydrogen) atoms. The Labute approximate surface area is 145 Å². The molecular formula is C19H20FNO4. The fourth-order valence-electron chi connectivity index (χ4n) is 2.06. The summed E-state index contributed by atoms with van der Waals surface area (Å²) < 4.78 is 24.0. The second-order valence-corrected chi connectivity index (χ2v) is 5.45. The fourth-order valence-corrected chi connectivity index (χ4v) is 2.06. The van der Waals surface area contributed by atoms with E-state index in [4.69, 9.17) is 9.47 Å². The summed E-state index contributed by atoms with van der Waals surface area (Å²) in [5.41, 5.74) is 0.782. The highest BCUT2D eigenvalue weighted by atomic mass is 19.1. The maximum atomic E-state index is 13.4. The van der Waals surface area contributed by atoms with E-state index < -0.39 is 30.4 Å². The van der Waals surface area contributed by atoms with E-state index in [1.807, 2.05) is 6.07 Å². The van der Waals surface area contributed by atoms with E-state index in [0.29, 0.717) is 23.4 Å². The molecule has 0 saturated heterocycles. The van der Waals surface area contributed by atoms with E-state index in [0.717, 1.165) is 0 Å². The highest BCUT2D eigenvalue weighted by Crippen LogP contribution is 2.15. The number of nitrogens with one attached hydrogen (secondary N) is 1. The Bertz CT molecular complexity index is 733. The SMILES string of the molecule is CC[C@H](Oc1ccccc1)C(=O)OCC(=O)Nc1ccc(C)c(F)c1. The van der Waals surface area contributed by atoms with Crippen molar-refractivity contribution in [3.8, 4) is 5.75 Å². The zero-order valence-electron chi connectivity index (χ0n) is 14.1. The van der Waals surface area contributed by atoms with E-state index in [1.54, 1.807) is 50.2 Å². The van der Waals surface area contributed by atoms with Crippen molar-refractivity contribution < 1.29 is 23.5 Å². The van der Waals surface area contributed by atoms with Crippen LogP contribution in [0.2, 0.25) is 0 Å². The summed E-state index contributed by atoms with van der Waals surface area (Å²) in [6.07, 6.45) is -0.398. The lowest BCUT2D eigenvalue weighted by molar-refractivity contribution is -0.154. The summed E-state index contributed by atoms with van der Waals surface area (Å²) in [5.74, 6) is -1.05. The predicted molar refractivity (Wildman–Crippen MR) is 91.9 cm³/mol. The van der Waals surface area contributed by atoms with Crippen LogP contribution in [0.4, 0.5) is 10.1 Å². The molecule has 0 aliphatic heterocycles. The van der Waals surface area contributed by atoms with E-state index in [2.05, 4.69) is 5.32 Å². The molecule has 0 bridgehead atoms. The normalized spacial score (nSPS) is 11.5. The first-order valence-electron chi connectivity index (χ1n) is 7.94. The van der Waals surface area contributed by atoms with Crippen molar-refractivity contribution in [3.05, 3.63) is 59.9 Å². The number of esters is 1. The van der Waals surface area contributed by atoms with Crippen molar-refractivity contribution in [1.29, 1.82) is 0 Å². The van der Waals surface area contributed by atoms with Gasteiger partial charge >= 0.3 is 5.97 Å². The Morgan fingerprint density at radius 1 is 1.16 bits per heavy atom. The zero-order chi connectivity index (χ0) is 18.2. The van der Waals surface area contributed by atoms with Crippen molar-refractivity contribution in [3.63, 3.8) is 0 Å². The minimum Gasteiger partial charge on any atom is -0.479 e. The largest absolute Gasteiger partial charge is 0.479 e. The fraction of sp³-hybridized carbons (Fsp3) is 0.263. The van der Waals surface area contributed by atoms with Crippen molar-refractivity contribution in [2.75, 3.05) is 11.9 Å². The van der Waals surface area contributed by atoms with Crippen LogP contribution < -0.4 is 10.1 Å². The molecule has 1 atom stereocenters. The molecule has 1 N–H and O–H groups in total. The standard InChI is InChI=1S/C19H20FNO4/c1-3-17(25-15-7-5-4-6-8-15)19(23)24-12-18(22)21-14-10-9-13(2)16(20)11-14/h4-11,17H,3,12H2,1-2H3,(H,21,22)/t17-/m0/s1. The van der Waals surface area contributed by atoms with E-state index in [-0.39, 0.29) is 0 Å². The molecule has 0 fully saturated rings. The van der Waals surface area contributed by atoms with Crippen LogP contribution in [0.5, 0.6) is 5.75 Å². The molecule has 0 aliphatic rings. The van der Waals surface area contributed by atoms with E-state index in [9.17, 15) is 14.0 Å². The van der Waals surface area contributed by atoms with Gasteiger partial charge in [0.15, 0.2) is 12.7 Å². The van der Waals surface area contributed by atoms with Gasteiger partial charge < -0.3 is 14.8 Å². The number of aryl methyl sites for hydroxylation is 1. The molecule has 0 unspecified atom stereocenters. The zero-order valence-corrected chi connectivity index (χ0v) is 14.1. The number of amides is 1. The molecule has 2 rings (SSSR count). The number of anilines is 1.